The van der Waals surface area contributed by atoms with E-state index in [9.17, 15) is 14.4 Å². The summed E-state index contributed by atoms with van der Waals surface area (Å²) in [5.74, 6) is -0.449. The van der Waals surface area contributed by atoms with Crippen LogP contribution in [-0.4, -0.2) is 61.8 Å². The van der Waals surface area contributed by atoms with Gasteiger partial charge in [0, 0.05) is 52.1 Å². The summed E-state index contributed by atoms with van der Waals surface area (Å²) in [6.07, 6.45) is 9.34. The number of ether oxygens (including phenoxy) is 1. The summed E-state index contributed by atoms with van der Waals surface area (Å²) in [5.41, 5.74) is -0.548. The third-order valence-electron chi connectivity index (χ3n) is 4.39. The minimum Gasteiger partial charge on any atom is -1.00 e. The smallest absolute Gasteiger partial charge is 1.00 e. The van der Waals surface area contributed by atoms with Crippen molar-refractivity contribution in [3.63, 3.8) is 0 Å². The van der Waals surface area contributed by atoms with Crippen molar-refractivity contribution in [2.24, 2.45) is 0 Å². The molecule has 4 rings (SSSR count). The fourth-order valence-corrected chi connectivity index (χ4v) is 4.31. The molecule has 0 fully saturated rings. The molecule has 0 aliphatic heterocycles. The maximum absolute atomic E-state index is 12.2. The molecular formula is C24H25BLiN6O5S2. The van der Waals surface area contributed by atoms with Gasteiger partial charge in [-0.25, -0.2) is 19.9 Å². The topological polar surface area (TPSA) is 142 Å². The Morgan fingerprint density at radius 3 is 1.85 bits per heavy atom. The van der Waals surface area contributed by atoms with Gasteiger partial charge in [0.15, 0.2) is 10.1 Å². The summed E-state index contributed by atoms with van der Waals surface area (Å²) in [4.78, 5) is 51.8. The van der Waals surface area contributed by atoms with Crippen LogP contribution < -0.4 is 30.0 Å². The number of hydrogen-bond donors (Lipinski definition) is 1. The molecule has 15 heteroatoms. The van der Waals surface area contributed by atoms with Gasteiger partial charge >= 0.3 is 24.8 Å². The standard InChI is InChI=1S/C13H13N3O3S.C11H11N3O2S.B.Li.H/c1-2-19-11(17)9-16-8-7-15-12(13(16)18)20-10-5-3-4-6-14-10;15-8-7-14-6-5-13-10(11(14)16)17-9-3-1-2-4-12-9;;;/h3-8H,2,9H2,1H3;1-6,15H,7-8H2;;;/q;;;+1;-1. The normalized spacial score (nSPS) is 9.79. The summed E-state index contributed by atoms with van der Waals surface area (Å²) in [5, 5.41) is 10.9. The van der Waals surface area contributed by atoms with Crippen LogP contribution in [0.1, 0.15) is 8.35 Å². The zero-order valence-corrected chi connectivity index (χ0v) is 23.0. The summed E-state index contributed by atoms with van der Waals surface area (Å²) in [6, 6.07) is 10.9. The first-order chi connectivity index (χ1) is 18.0. The second-order valence-electron chi connectivity index (χ2n) is 6.97. The third-order valence-corrected chi connectivity index (χ3v) is 6.24. The molecule has 4 aromatic rings. The number of carbonyl (C=O) groups excluding carboxylic acids is 1. The number of carbonyl (C=O) groups is 1. The molecule has 0 saturated carbocycles. The number of pyridine rings is 2. The number of nitrogens with zero attached hydrogens (tertiary/aromatic N) is 6. The van der Waals surface area contributed by atoms with Gasteiger partial charge < -0.3 is 20.4 Å². The first kappa shape index (κ1) is 33.9. The molecule has 0 aliphatic rings. The zero-order valence-electron chi connectivity index (χ0n) is 22.4. The summed E-state index contributed by atoms with van der Waals surface area (Å²) in [7, 11) is 0. The largest absolute Gasteiger partial charge is 1.00 e. The number of rotatable bonds is 9. The summed E-state index contributed by atoms with van der Waals surface area (Å²) in [6.45, 7) is 2.09. The average Bonchev–Trinajstić information content (AvgIpc) is 2.91. The molecular weight excluding hydrogens is 534 g/mol. The maximum atomic E-state index is 12.2. The van der Waals surface area contributed by atoms with Crippen LogP contribution in [0.5, 0.6) is 0 Å². The Hall–Kier alpha value is -3.15. The van der Waals surface area contributed by atoms with Gasteiger partial charge in [-0.1, -0.05) is 12.1 Å². The van der Waals surface area contributed by atoms with Gasteiger partial charge in [0.2, 0.25) is 0 Å². The number of hydrogen-bond acceptors (Lipinski definition) is 11. The molecule has 3 radical (unpaired) electrons. The van der Waals surface area contributed by atoms with Crippen molar-refractivity contribution in [1.29, 1.82) is 0 Å². The van der Waals surface area contributed by atoms with E-state index in [0.29, 0.717) is 10.1 Å². The predicted molar refractivity (Wildman–Crippen MR) is 144 cm³/mol. The van der Waals surface area contributed by atoms with E-state index in [1.165, 1.54) is 33.3 Å². The van der Waals surface area contributed by atoms with E-state index in [4.69, 9.17) is 9.84 Å². The fraction of sp³-hybridized carbons (Fsp3) is 0.208. The number of aliphatic hydroxyl groups excluding tert-OH is 1. The summed E-state index contributed by atoms with van der Waals surface area (Å²) < 4.78 is 7.52. The van der Waals surface area contributed by atoms with Crippen molar-refractivity contribution in [3.8, 4) is 0 Å². The minimum atomic E-state index is -0.449. The van der Waals surface area contributed by atoms with Gasteiger partial charge in [0.25, 0.3) is 11.1 Å². The van der Waals surface area contributed by atoms with Crippen LogP contribution in [-0.2, 0) is 22.6 Å². The Morgan fingerprint density at radius 2 is 1.38 bits per heavy atom. The second kappa shape index (κ2) is 18.2. The van der Waals surface area contributed by atoms with Gasteiger partial charge in [0.1, 0.15) is 16.6 Å². The second-order valence-corrected chi connectivity index (χ2v) is 8.98. The Labute approximate surface area is 248 Å². The summed E-state index contributed by atoms with van der Waals surface area (Å²) >= 11 is 2.38. The Morgan fingerprint density at radius 1 is 0.872 bits per heavy atom. The molecule has 0 aliphatic carbocycles. The molecule has 1 N–H and O–H groups in total. The van der Waals surface area contributed by atoms with Gasteiger partial charge in [-0.15, -0.1) is 0 Å². The Kier molecular flexibility index (Phi) is 15.8. The van der Waals surface area contributed by atoms with Crippen LogP contribution in [0.2, 0.25) is 0 Å². The number of aliphatic hydroxyl groups is 1. The van der Waals surface area contributed by atoms with Crippen LogP contribution in [0, 0.1) is 0 Å². The van der Waals surface area contributed by atoms with E-state index in [1.807, 2.05) is 24.3 Å². The van der Waals surface area contributed by atoms with E-state index in [0.717, 1.165) is 16.8 Å². The Bertz CT molecular complexity index is 1420. The van der Waals surface area contributed by atoms with Crippen LogP contribution in [0.3, 0.4) is 0 Å². The van der Waals surface area contributed by atoms with E-state index in [-0.39, 0.29) is 71.1 Å². The third kappa shape index (κ3) is 10.9. The molecule has 0 aromatic carbocycles. The van der Waals surface area contributed by atoms with Gasteiger partial charge in [-0.05, 0) is 54.7 Å². The van der Waals surface area contributed by atoms with Crippen molar-refractivity contribution in [2.75, 3.05) is 13.2 Å². The van der Waals surface area contributed by atoms with Crippen molar-refractivity contribution in [2.45, 2.75) is 40.1 Å². The number of aromatic nitrogens is 6. The maximum Gasteiger partial charge on any atom is 1.00 e. The van der Waals surface area contributed by atoms with Gasteiger partial charge in [-0.3, -0.25) is 14.4 Å². The zero-order chi connectivity index (χ0) is 26.5. The fourth-order valence-electron chi connectivity index (χ4n) is 2.76. The molecule has 0 spiro atoms. The molecule has 197 valence electrons. The minimum absolute atomic E-state index is 0. The molecule has 0 saturated heterocycles. The average molecular weight is 559 g/mol. The molecule has 0 atom stereocenters. The van der Waals surface area contributed by atoms with E-state index >= 15 is 0 Å². The van der Waals surface area contributed by atoms with Crippen LogP contribution >= 0.6 is 23.5 Å². The van der Waals surface area contributed by atoms with Gasteiger partial charge in [-0.2, -0.15) is 0 Å². The van der Waals surface area contributed by atoms with E-state index < -0.39 is 5.97 Å². The van der Waals surface area contributed by atoms with E-state index in [2.05, 4.69) is 19.9 Å². The van der Waals surface area contributed by atoms with Crippen molar-refractivity contribution < 1.29 is 34.9 Å². The SMILES string of the molecule is CCOC(=O)Cn1ccnc(Sc2ccccn2)c1=O.O=c1c(Sc2ccccn2)nccn1CCO.[B].[H-].[Li+]. The first-order valence-electron chi connectivity index (χ1n) is 11.1. The predicted octanol–water partition coefficient (Wildman–Crippen LogP) is -1.13. The molecule has 39 heavy (non-hydrogen) atoms. The Balaban J connectivity index is 0.000000715. The molecule has 0 bridgehead atoms. The molecule has 11 nitrogen and oxygen atoms in total. The van der Waals surface area contributed by atoms with Crippen molar-refractivity contribution in [1.82, 2.24) is 29.1 Å². The van der Waals surface area contributed by atoms with Crippen LogP contribution in [0.4, 0.5) is 0 Å². The molecule has 4 aromatic heterocycles. The monoisotopic (exact) mass is 559 g/mol. The molecule has 0 unspecified atom stereocenters. The number of esters is 1. The van der Waals surface area contributed by atoms with Crippen LogP contribution in [0.25, 0.3) is 0 Å². The molecule has 0 amide bonds. The van der Waals surface area contributed by atoms with Gasteiger partial charge in [0.05, 0.1) is 13.2 Å². The van der Waals surface area contributed by atoms with Crippen molar-refractivity contribution >= 4 is 37.9 Å². The molecule has 4 heterocycles. The van der Waals surface area contributed by atoms with Crippen LogP contribution in [0.15, 0.2) is 103 Å². The van der Waals surface area contributed by atoms with Crippen molar-refractivity contribution in [3.05, 3.63) is 94.3 Å². The quantitative estimate of drug-likeness (QED) is 0.197. The first-order valence-corrected chi connectivity index (χ1v) is 12.7. The van der Waals surface area contributed by atoms with E-state index in [1.54, 1.807) is 43.8 Å².